The average Bonchev–Trinajstić information content (AvgIpc) is 2.86. The van der Waals surface area contributed by atoms with Crippen molar-refractivity contribution >= 4 is 0 Å². The van der Waals surface area contributed by atoms with Gasteiger partial charge in [0.25, 0.3) is 0 Å². The second-order valence-corrected chi connectivity index (χ2v) is 4.40. The molecular weight excluding hydrogens is 174 g/mol. The van der Waals surface area contributed by atoms with Crippen LogP contribution in [0.1, 0.15) is 31.9 Å². The Kier molecular flexibility index (Phi) is 2.59. The number of aryl methyl sites for hydroxylation is 1. The molecule has 1 saturated carbocycles. The standard InChI is InChI=1S/C11H19N3/c1-3-11(5-6-11)9-12-8-10-4-7-13-14(10)2/h4,7,12H,3,5-6,8-9H2,1-2H3. The normalized spacial score (nSPS) is 18.4. The van der Waals surface area contributed by atoms with Crippen LogP contribution in [0, 0.1) is 5.41 Å². The first-order chi connectivity index (χ1) is 6.76. The van der Waals surface area contributed by atoms with Crippen molar-refractivity contribution in [2.75, 3.05) is 6.54 Å². The molecule has 0 aromatic carbocycles. The molecule has 0 bridgehead atoms. The molecule has 0 amide bonds. The summed E-state index contributed by atoms with van der Waals surface area (Å²) in [5.41, 5.74) is 1.90. The van der Waals surface area contributed by atoms with Gasteiger partial charge < -0.3 is 5.32 Å². The van der Waals surface area contributed by atoms with Gasteiger partial charge >= 0.3 is 0 Å². The first-order valence-electron chi connectivity index (χ1n) is 5.43. The molecule has 1 heterocycles. The molecule has 0 atom stereocenters. The Balaban J connectivity index is 1.76. The summed E-state index contributed by atoms with van der Waals surface area (Å²) in [6, 6.07) is 2.07. The number of hydrogen-bond acceptors (Lipinski definition) is 2. The molecular formula is C11H19N3. The minimum atomic E-state index is 0.637. The van der Waals surface area contributed by atoms with Gasteiger partial charge in [-0.25, -0.2) is 0 Å². The van der Waals surface area contributed by atoms with Crippen molar-refractivity contribution in [1.29, 1.82) is 0 Å². The maximum atomic E-state index is 4.14. The number of aromatic nitrogens is 2. The van der Waals surface area contributed by atoms with Crippen molar-refractivity contribution in [2.24, 2.45) is 12.5 Å². The summed E-state index contributed by atoms with van der Waals surface area (Å²) in [6.07, 6.45) is 5.97. The van der Waals surface area contributed by atoms with Crippen LogP contribution in [0.25, 0.3) is 0 Å². The lowest BCUT2D eigenvalue weighted by Crippen LogP contribution is -2.24. The Bertz CT molecular complexity index is 299. The van der Waals surface area contributed by atoms with Gasteiger partial charge in [-0.2, -0.15) is 5.10 Å². The molecule has 0 unspecified atom stereocenters. The molecule has 0 saturated heterocycles. The highest BCUT2D eigenvalue weighted by atomic mass is 15.3. The second-order valence-electron chi connectivity index (χ2n) is 4.40. The summed E-state index contributed by atoms with van der Waals surface area (Å²) in [5.74, 6) is 0. The van der Waals surface area contributed by atoms with E-state index in [4.69, 9.17) is 0 Å². The van der Waals surface area contributed by atoms with Crippen LogP contribution in [0.5, 0.6) is 0 Å². The van der Waals surface area contributed by atoms with E-state index in [9.17, 15) is 0 Å². The summed E-state index contributed by atoms with van der Waals surface area (Å²) < 4.78 is 1.93. The van der Waals surface area contributed by atoms with E-state index in [0.29, 0.717) is 5.41 Å². The zero-order chi connectivity index (χ0) is 10.0. The SMILES string of the molecule is CCC1(CNCc2ccnn2C)CC1. The predicted molar refractivity (Wildman–Crippen MR) is 56.9 cm³/mol. The molecule has 2 rings (SSSR count). The summed E-state index contributed by atoms with van der Waals surface area (Å²) in [6.45, 7) is 4.39. The maximum Gasteiger partial charge on any atom is 0.0518 e. The maximum absolute atomic E-state index is 4.14. The van der Waals surface area contributed by atoms with E-state index < -0.39 is 0 Å². The molecule has 3 heteroatoms. The average molecular weight is 193 g/mol. The van der Waals surface area contributed by atoms with Gasteiger partial charge in [0.05, 0.1) is 5.69 Å². The molecule has 78 valence electrons. The van der Waals surface area contributed by atoms with Crippen LogP contribution < -0.4 is 5.32 Å². The van der Waals surface area contributed by atoms with Crippen molar-refractivity contribution in [3.8, 4) is 0 Å². The molecule has 0 radical (unpaired) electrons. The fourth-order valence-corrected chi connectivity index (χ4v) is 1.86. The summed E-state index contributed by atoms with van der Waals surface area (Å²) in [7, 11) is 1.99. The van der Waals surface area contributed by atoms with Crippen molar-refractivity contribution in [3.63, 3.8) is 0 Å². The number of nitrogens with zero attached hydrogens (tertiary/aromatic N) is 2. The lowest BCUT2D eigenvalue weighted by molar-refractivity contribution is 0.438. The van der Waals surface area contributed by atoms with Gasteiger partial charge in [-0.15, -0.1) is 0 Å². The monoisotopic (exact) mass is 193 g/mol. The zero-order valence-corrected chi connectivity index (χ0v) is 9.08. The van der Waals surface area contributed by atoms with Crippen LogP contribution in [-0.2, 0) is 13.6 Å². The Morgan fingerprint density at radius 2 is 2.36 bits per heavy atom. The van der Waals surface area contributed by atoms with Crippen LogP contribution >= 0.6 is 0 Å². The molecule has 1 aromatic rings. The highest BCUT2D eigenvalue weighted by molar-refractivity contribution is 5.00. The van der Waals surface area contributed by atoms with E-state index in [1.165, 1.54) is 25.0 Å². The molecule has 1 fully saturated rings. The summed E-state index contributed by atoms with van der Waals surface area (Å²) in [5, 5.41) is 7.67. The van der Waals surface area contributed by atoms with Crippen LogP contribution in [-0.4, -0.2) is 16.3 Å². The minimum Gasteiger partial charge on any atom is -0.311 e. The Morgan fingerprint density at radius 3 is 2.86 bits per heavy atom. The molecule has 1 N–H and O–H groups in total. The highest BCUT2D eigenvalue weighted by Gasteiger charge is 2.39. The Hall–Kier alpha value is -0.830. The van der Waals surface area contributed by atoms with Crippen LogP contribution in [0.4, 0.5) is 0 Å². The zero-order valence-electron chi connectivity index (χ0n) is 9.08. The number of nitrogens with one attached hydrogen (secondary N) is 1. The van der Waals surface area contributed by atoms with Gasteiger partial charge in [0.1, 0.15) is 0 Å². The number of hydrogen-bond donors (Lipinski definition) is 1. The highest BCUT2D eigenvalue weighted by Crippen LogP contribution is 2.47. The molecule has 1 aliphatic rings. The minimum absolute atomic E-state index is 0.637. The van der Waals surface area contributed by atoms with Gasteiger partial charge in [0, 0.05) is 26.3 Å². The van der Waals surface area contributed by atoms with Gasteiger partial charge in [0.15, 0.2) is 0 Å². The molecule has 14 heavy (non-hydrogen) atoms. The quantitative estimate of drug-likeness (QED) is 0.771. The van der Waals surface area contributed by atoms with Crippen molar-refractivity contribution in [1.82, 2.24) is 15.1 Å². The third-order valence-electron chi connectivity index (χ3n) is 3.44. The molecule has 0 spiro atoms. The largest absolute Gasteiger partial charge is 0.311 e. The van der Waals surface area contributed by atoms with Crippen LogP contribution in [0.3, 0.4) is 0 Å². The van der Waals surface area contributed by atoms with Crippen molar-refractivity contribution in [2.45, 2.75) is 32.7 Å². The van der Waals surface area contributed by atoms with Gasteiger partial charge in [0.2, 0.25) is 0 Å². The van der Waals surface area contributed by atoms with E-state index in [0.717, 1.165) is 13.1 Å². The van der Waals surface area contributed by atoms with Crippen molar-refractivity contribution < 1.29 is 0 Å². The van der Waals surface area contributed by atoms with E-state index in [2.05, 4.69) is 23.4 Å². The number of rotatable bonds is 5. The second kappa shape index (κ2) is 3.73. The lowest BCUT2D eigenvalue weighted by Gasteiger charge is -2.13. The Morgan fingerprint density at radius 1 is 1.57 bits per heavy atom. The van der Waals surface area contributed by atoms with E-state index in [1.807, 2.05) is 17.9 Å². The van der Waals surface area contributed by atoms with Crippen LogP contribution in [0.15, 0.2) is 12.3 Å². The summed E-state index contributed by atoms with van der Waals surface area (Å²) >= 11 is 0. The van der Waals surface area contributed by atoms with E-state index in [1.54, 1.807) is 0 Å². The fraction of sp³-hybridized carbons (Fsp3) is 0.727. The first-order valence-corrected chi connectivity index (χ1v) is 5.43. The first kappa shape index (κ1) is 9.71. The lowest BCUT2D eigenvalue weighted by atomic mass is 10.0. The predicted octanol–water partition coefficient (Wildman–Crippen LogP) is 1.70. The molecule has 0 aliphatic heterocycles. The third-order valence-corrected chi connectivity index (χ3v) is 3.44. The summed E-state index contributed by atoms with van der Waals surface area (Å²) in [4.78, 5) is 0. The Labute approximate surface area is 85.5 Å². The fourth-order valence-electron chi connectivity index (χ4n) is 1.86. The smallest absolute Gasteiger partial charge is 0.0518 e. The molecule has 1 aromatic heterocycles. The molecule has 3 nitrogen and oxygen atoms in total. The van der Waals surface area contributed by atoms with E-state index >= 15 is 0 Å². The van der Waals surface area contributed by atoms with Gasteiger partial charge in [-0.1, -0.05) is 6.92 Å². The van der Waals surface area contributed by atoms with Crippen molar-refractivity contribution in [3.05, 3.63) is 18.0 Å². The van der Waals surface area contributed by atoms with E-state index in [-0.39, 0.29) is 0 Å². The van der Waals surface area contributed by atoms with Gasteiger partial charge in [-0.05, 0) is 30.7 Å². The topological polar surface area (TPSA) is 29.9 Å². The molecule has 1 aliphatic carbocycles. The van der Waals surface area contributed by atoms with Crippen LogP contribution in [0.2, 0.25) is 0 Å². The third kappa shape index (κ3) is 1.98. The van der Waals surface area contributed by atoms with Gasteiger partial charge in [-0.3, -0.25) is 4.68 Å².